The number of nitrogens with zero attached hydrogens (tertiary/aromatic N) is 1. The van der Waals surface area contributed by atoms with E-state index in [1.165, 1.54) is 0 Å². The minimum atomic E-state index is -0.316. The van der Waals surface area contributed by atoms with Gasteiger partial charge in [0.15, 0.2) is 0 Å². The first-order valence-electron chi connectivity index (χ1n) is 7.45. The molecule has 0 fully saturated rings. The average molecular weight is 296 g/mol. The minimum Gasteiger partial charge on any atom is -0.457 e. The van der Waals surface area contributed by atoms with Gasteiger partial charge in [-0.2, -0.15) is 0 Å². The van der Waals surface area contributed by atoms with E-state index in [4.69, 9.17) is 4.74 Å². The zero-order valence-corrected chi connectivity index (χ0v) is 12.9. The van der Waals surface area contributed by atoms with Gasteiger partial charge in [0.1, 0.15) is 11.5 Å². The smallest absolute Gasteiger partial charge is 0.232 e. The predicted octanol–water partition coefficient (Wildman–Crippen LogP) is 2.60. The minimum absolute atomic E-state index is 0.0186. The molecule has 22 heavy (non-hydrogen) atoms. The van der Waals surface area contributed by atoms with E-state index in [1.54, 1.807) is 0 Å². The first-order chi connectivity index (χ1) is 10.7. The maximum absolute atomic E-state index is 12.7. The standard InChI is InChI=1S/C18H20N2O2/c1-20(2)12-11-19-18(21)17-13-7-3-5-9-15(13)22-16-10-6-4-8-14(16)17/h3-10,17H,11-12H2,1-2H3,(H,19,21). The third-order valence-corrected chi connectivity index (χ3v) is 3.80. The summed E-state index contributed by atoms with van der Waals surface area (Å²) in [5.41, 5.74) is 1.84. The molecule has 0 radical (unpaired) electrons. The molecule has 0 bridgehead atoms. The third-order valence-electron chi connectivity index (χ3n) is 3.80. The fourth-order valence-electron chi connectivity index (χ4n) is 2.70. The van der Waals surface area contributed by atoms with Crippen LogP contribution in [0.4, 0.5) is 0 Å². The van der Waals surface area contributed by atoms with Crippen molar-refractivity contribution in [2.45, 2.75) is 5.92 Å². The quantitative estimate of drug-likeness (QED) is 0.943. The number of fused-ring (bicyclic) bond motifs is 2. The van der Waals surface area contributed by atoms with Gasteiger partial charge in [0.05, 0.1) is 5.92 Å². The third kappa shape index (κ3) is 2.83. The molecule has 0 saturated heterocycles. The second-order valence-electron chi connectivity index (χ2n) is 5.71. The largest absolute Gasteiger partial charge is 0.457 e. The van der Waals surface area contributed by atoms with Gasteiger partial charge in [-0.15, -0.1) is 0 Å². The van der Waals surface area contributed by atoms with Crippen LogP contribution in [0.25, 0.3) is 0 Å². The molecule has 0 aromatic heterocycles. The summed E-state index contributed by atoms with van der Waals surface area (Å²) in [6.45, 7) is 1.45. The molecule has 0 saturated carbocycles. The van der Waals surface area contributed by atoms with Gasteiger partial charge in [0, 0.05) is 24.2 Å². The Bertz CT molecular complexity index is 637. The highest BCUT2D eigenvalue weighted by Crippen LogP contribution is 2.43. The predicted molar refractivity (Wildman–Crippen MR) is 86.4 cm³/mol. The van der Waals surface area contributed by atoms with Gasteiger partial charge < -0.3 is 15.0 Å². The molecular weight excluding hydrogens is 276 g/mol. The Morgan fingerprint density at radius 2 is 1.59 bits per heavy atom. The molecule has 4 nitrogen and oxygen atoms in total. The van der Waals surface area contributed by atoms with Gasteiger partial charge in [-0.25, -0.2) is 0 Å². The number of carbonyl (C=O) groups excluding carboxylic acids is 1. The van der Waals surface area contributed by atoms with Crippen LogP contribution in [0.15, 0.2) is 48.5 Å². The number of carbonyl (C=O) groups is 1. The number of hydrogen-bond donors (Lipinski definition) is 1. The molecular formula is C18H20N2O2. The van der Waals surface area contributed by atoms with E-state index in [-0.39, 0.29) is 11.8 Å². The van der Waals surface area contributed by atoms with E-state index in [9.17, 15) is 4.79 Å². The van der Waals surface area contributed by atoms with Gasteiger partial charge in [0.2, 0.25) is 5.91 Å². The summed E-state index contributed by atoms with van der Waals surface area (Å²) < 4.78 is 5.91. The summed E-state index contributed by atoms with van der Waals surface area (Å²) in [5, 5.41) is 3.03. The maximum Gasteiger partial charge on any atom is 0.232 e. The summed E-state index contributed by atoms with van der Waals surface area (Å²) in [6.07, 6.45) is 0. The van der Waals surface area contributed by atoms with E-state index in [0.717, 1.165) is 29.2 Å². The summed E-state index contributed by atoms with van der Waals surface area (Å²) in [5.74, 6) is 1.22. The number of likely N-dealkylation sites (N-methyl/N-ethyl adjacent to an activating group) is 1. The summed E-state index contributed by atoms with van der Waals surface area (Å²) >= 11 is 0. The lowest BCUT2D eigenvalue weighted by molar-refractivity contribution is -0.121. The Hall–Kier alpha value is -2.33. The first-order valence-corrected chi connectivity index (χ1v) is 7.45. The molecule has 1 aliphatic rings. The molecule has 0 unspecified atom stereocenters. The Labute approximate surface area is 130 Å². The van der Waals surface area contributed by atoms with Gasteiger partial charge in [0.25, 0.3) is 0 Å². The molecule has 2 aromatic carbocycles. The number of ether oxygens (including phenoxy) is 1. The van der Waals surface area contributed by atoms with Crippen molar-refractivity contribution in [3.63, 3.8) is 0 Å². The van der Waals surface area contributed by atoms with E-state index in [1.807, 2.05) is 67.5 Å². The molecule has 4 heteroatoms. The number of amides is 1. The summed E-state index contributed by atoms with van der Waals surface area (Å²) in [4.78, 5) is 14.8. The summed E-state index contributed by atoms with van der Waals surface area (Å²) in [6, 6.07) is 15.5. The molecule has 0 spiro atoms. The van der Waals surface area contributed by atoms with Crippen molar-refractivity contribution >= 4 is 5.91 Å². The van der Waals surface area contributed by atoms with Crippen molar-refractivity contribution in [3.8, 4) is 11.5 Å². The van der Waals surface area contributed by atoms with Crippen LogP contribution < -0.4 is 10.1 Å². The lowest BCUT2D eigenvalue weighted by Gasteiger charge is -2.27. The Morgan fingerprint density at radius 1 is 1.05 bits per heavy atom. The van der Waals surface area contributed by atoms with E-state index >= 15 is 0 Å². The SMILES string of the molecule is CN(C)CCNC(=O)C1c2ccccc2Oc2ccccc21. The van der Waals surface area contributed by atoms with Crippen molar-refractivity contribution in [2.24, 2.45) is 0 Å². The lowest BCUT2D eigenvalue weighted by Crippen LogP contribution is -2.36. The highest BCUT2D eigenvalue weighted by Gasteiger charge is 2.31. The molecule has 1 aliphatic heterocycles. The maximum atomic E-state index is 12.7. The fourth-order valence-corrected chi connectivity index (χ4v) is 2.70. The number of benzene rings is 2. The van der Waals surface area contributed by atoms with Crippen LogP contribution in [0, 0.1) is 0 Å². The number of rotatable bonds is 4. The molecule has 3 rings (SSSR count). The Balaban J connectivity index is 1.91. The normalized spacial score (nSPS) is 13.2. The number of para-hydroxylation sites is 2. The number of nitrogens with one attached hydrogen (secondary N) is 1. The zero-order valence-electron chi connectivity index (χ0n) is 12.9. The monoisotopic (exact) mass is 296 g/mol. The van der Waals surface area contributed by atoms with Gasteiger partial charge in [-0.05, 0) is 26.2 Å². The number of hydrogen-bond acceptors (Lipinski definition) is 3. The highest BCUT2D eigenvalue weighted by molar-refractivity contribution is 5.89. The van der Waals surface area contributed by atoms with Crippen LogP contribution >= 0.6 is 0 Å². The van der Waals surface area contributed by atoms with Crippen LogP contribution in [0.3, 0.4) is 0 Å². The molecule has 0 atom stereocenters. The Morgan fingerprint density at radius 3 is 2.14 bits per heavy atom. The first kappa shape index (κ1) is 14.6. The van der Waals surface area contributed by atoms with E-state index < -0.39 is 0 Å². The van der Waals surface area contributed by atoms with Crippen LogP contribution in [0.1, 0.15) is 17.0 Å². The Kier molecular flexibility index (Phi) is 4.11. The van der Waals surface area contributed by atoms with Crippen LogP contribution in [0.2, 0.25) is 0 Å². The molecule has 1 N–H and O–H groups in total. The highest BCUT2D eigenvalue weighted by atomic mass is 16.5. The molecule has 1 heterocycles. The van der Waals surface area contributed by atoms with Crippen molar-refractivity contribution in [1.82, 2.24) is 10.2 Å². The second kappa shape index (κ2) is 6.20. The van der Waals surface area contributed by atoms with Crippen LogP contribution in [0.5, 0.6) is 11.5 Å². The zero-order chi connectivity index (χ0) is 15.5. The molecule has 1 amide bonds. The average Bonchev–Trinajstić information content (AvgIpc) is 2.52. The second-order valence-corrected chi connectivity index (χ2v) is 5.71. The molecule has 0 aliphatic carbocycles. The molecule has 114 valence electrons. The molecule has 2 aromatic rings. The van der Waals surface area contributed by atoms with Crippen molar-refractivity contribution in [3.05, 3.63) is 59.7 Å². The van der Waals surface area contributed by atoms with Gasteiger partial charge in [-0.3, -0.25) is 4.79 Å². The van der Waals surface area contributed by atoms with Gasteiger partial charge >= 0.3 is 0 Å². The lowest BCUT2D eigenvalue weighted by atomic mass is 9.87. The van der Waals surface area contributed by atoms with Crippen molar-refractivity contribution in [2.75, 3.05) is 27.2 Å². The topological polar surface area (TPSA) is 41.6 Å². The van der Waals surface area contributed by atoms with Crippen molar-refractivity contribution < 1.29 is 9.53 Å². The van der Waals surface area contributed by atoms with E-state index in [2.05, 4.69) is 5.32 Å². The van der Waals surface area contributed by atoms with Crippen LogP contribution in [-0.4, -0.2) is 38.0 Å². The van der Waals surface area contributed by atoms with E-state index in [0.29, 0.717) is 6.54 Å². The van der Waals surface area contributed by atoms with Gasteiger partial charge in [-0.1, -0.05) is 36.4 Å². The van der Waals surface area contributed by atoms with Crippen molar-refractivity contribution in [1.29, 1.82) is 0 Å². The summed E-state index contributed by atoms with van der Waals surface area (Å²) in [7, 11) is 3.98. The fraction of sp³-hybridized carbons (Fsp3) is 0.278. The van der Waals surface area contributed by atoms with Crippen LogP contribution in [-0.2, 0) is 4.79 Å².